The largest absolute Gasteiger partial charge is 0.348 e. The lowest BCUT2D eigenvalue weighted by molar-refractivity contribution is 0.577. The van der Waals surface area contributed by atoms with Gasteiger partial charge in [-0.05, 0) is 19.3 Å². The van der Waals surface area contributed by atoms with Crippen LogP contribution in [0.2, 0.25) is 5.15 Å². The fraction of sp³-hybridized carbons (Fsp3) is 0.750. The van der Waals surface area contributed by atoms with E-state index in [0.29, 0.717) is 11.2 Å². The SMILES string of the molecule is CC(C)NCc1sc(N2CCCCC2)nc1Cl. The van der Waals surface area contributed by atoms with Crippen molar-refractivity contribution in [3.8, 4) is 0 Å². The molecule has 0 aromatic carbocycles. The Hall–Kier alpha value is -0.320. The Labute approximate surface area is 112 Å². The topological polar surface area (TPSA) is 28.2 Å². The summed E-state index contributed by atoms with van der Waals surface area (Å²) in [5.41, 5.74) is 0. The normalized spacial score (nSPS) is 16.8. The van der Waals surface area contributed by atoms with Crippen molar-refractivity contribution in [2.45, 2.75) is 45.7 Å². The Morgan fingerprint density at radius 2 is 2.06 bits per heavy atom. The van der Waals surface area contributed by atoms with Crippen LogP contribution in [0.15, 0.2) is 0 Å². The molecule has 1 fully saturated rings. The predicted molar refractivity (Wildman–Crippen MR) is 75.2 cm³/mol. The van der Waals surface area contributed by atoms with Crippen LogP contribution in [0, 0.1) is 0 Å². The highest BCUT2D eigenvalue weighted by Crippen LogP contribution is 2.31. The number of hydrogen-bond donors (Lipinski definition) is 1. The first-order valence-electron chi connectivity index (χ1n) is 6.30. The minimum absolute atomic E-state index is 0.478. The first kappa shape index (κ1) is 13.1. The van der Waals surface area contributed by atoms with E-state index in [1.54, 1.807) is 11.3 Å². The van der Waals surface area contributed by atoms with Gasteiger partial charge in [-0.15, -0.1) is 0 Å². The molecule has 0 atom stereocenters. The number of nitrogens with one attached hydrogen (secondary N) is 1. The lowest BCUT2D eigenvalue weighted by Crippen LogP contribution is -2.29. The van der Waals surface area contributed by atoms with Gasteiger partial charge in [0.1, 0.15) is 5.15 Å². The molecule has 2 heterocycles. The molecule has 0 amide bonds. The Morgan fingerprint density at radius 1 is 1.35 bits per heavy atom. The second-order valence-corrected chi connectivity index (χ2v) is 6.21. The molecule has 5 heteroatoms. The van der Waals surface area contributed by atoms with Gasteiger partial charge in [0, 0.05) is 25.7 Å². The predicted octanol–water partition coefficient (Wildman–Crippen LogP) is 3.28. The molecule has 0 unspecified atom stereocenters. The molecule has 1 saturated heterocycles. The second-order valence-electron chi connectivity index (χ2n) is 4.79. The molecule has 1 aromatic heterocycles. The summed E-state index contributed by atoms with van der Waals surface area (Å²) >= 11 is 7.91. The number of anilines is 1. The molecule has 0 spiro atoms. The highest BCUT2D eigenvalue weighted by atomic mass is 35.5. The molecule has 1 aliphatic heterocycles. The first-order valence-corrected chi connectivity index (χ1v) is 7.50. The van der Waals surface area contributed by atoms with Gasteiger partial charge >= 0.3 is 0 Å². The van der Waals surface area contributed by atoms with Gasteiger partial charge in [-0.1, -0.05) is 36.8 Å². The molecule has 1 N–H and O–H groups in total. The highest BCUT2D eigenvalue weighted by molar-refractivity contribution is 7.16. The van der Waals surface area contributed by atoms with Crippen LogP contribution >= 0.6 is 22.9 Å². The number of thiazole rings is 1. The van der Waals surface area contributed by atoms with E-state index in [9.17, 15) is 0 Å². The van der Waals surface area contributed by atoms with Crippen molar-refractivity contribution in [3.05, 3.63) is 10.0 Å². The van der Waals surface area contributed by atoms with Gasteiger partial charge in [-0.25, -0.2) is 4.98 Å². The zero-order chi connectivity index (χ0) is 12.3. The van der Waals surface area contributed by atoms with Crippen LogP contribution in [0.4, 0.5) is 5.13 Å². The number of aromatic nitrogens is 1. The molecular formula is C12H20ClN3S. The van der Waals surface area contributed by atoms with Crippen LogP contribution in [0.5, 0.6) is 0 Å². The molecular weight excluding hydrogens is 254 g/mol. The quantitative estimate of drug-likeness (QED) is 0.913. The van der Waals surface area contributed by atoms with Gasteiger partial charge in [0.2, 0.25) is 0 Å². The standard InChI is InChI=1S/C12H20ClN3S/c1-9(2)14-8-10-11(13)15-12(17-10)16-6-4-3-5-7-16/h9,14H,3-8H2,1-2H3. The summed E-state index contributed by atoms with van der Waals surface area (Å²) in [5.74, 6) is 0. The maximum atomic E-state index is 6.18. The monoisotopic (exact) mass is 273 g/mol. The van der Waals surface area contributed by atoms with E-state index < -0.39 is 0 Å². The van der Waals surface area contributed by atoms with Crippen LogP contribution in [0.3, 0.4) is 0 Å². The van der Waals surface area contributed by atoms with Gasteiger partial charge in [-0.3, -0.25) is 0 Å². The van der Waals surface area contributed by atoms with Crippen molar-refractivity contribution in [1.82, 2.24) is 10.3 Å². The minimum Gasteiger partial charge on any atom is -0.348 e. The zero-order valence-corrected chi connectivity index (χ0v) is 12.1. The average Bonchev–Trinajstić information content (AvgIpc) is 2.69. The van der Waals surface area contributed by atoms with E-state index in [1.165, 1.54) is 19.3 Å². The number of nitrogens with zero attached hydrogens (tertiary/aromatic N) is 2. The summed E-state index contributed by atoms with van der Waals surface area (Å²) in [6.07, 6.45) is 3.89. The number of piperidine rings is 1. The van der Waals surface area contributed by atoms with Crippen molar-refractivity contribution in [3.63, 3.8) is 0 Å². The van der Waals surface area contributed by atoms with Crippen molar-refractivity contribution >= 4 is 28.1 Å². The summed E-state index contributed by atoms with van der Waals surface area (Å²) in [5, 5.41) is 5.15. The zero-order valence-electron chi connectivity index (χ0n) is 10.5. The lowest BCUT2D eigenvalue weighted by atomic mass is 10.1. The number of halogens is 1. The fourth-order valence-corrected chi connectivity index (χ4v) is 3.21. The molecule has 3 nitrogen and oxygen atoms in total. The third-order valence-corrected chi connectivity index (χ3v) is 4.48. The number of rotatable bonds is 4. The highest BCUT2D eigenvalue weighted by Gasteiger charge is 2.17. The smallest absolute Gasteiger partial charge is 0.187 e. The molecule has 17 heavy (non-hydrogen) atoms. The van der Waals surface area contributed by atoms with Gasteiger partial charge < -0.3 is 10.2 Å². The van der Waals surface area contributed by atoms with E-state index in [0.717, 1.165) is 29.6 Å². The second kappa shape index (κ2) is 6.03. The molecule has 96 valence electrons. The lowest BCUT2D eigenvalue weighted by Gasteiger charge is -2.25. The minimum atomic E-state index is 0.478. The van der Waals surface area contributed by atoms with Gasteiger partial charge in [0.15, 0.2) is 5.13 Å². The molecule has 0 saturated carbocycles. The van der Waals surface area contributed by atoms with E-state index in [1.807, 2.05) is 0 Å². The van der Waals surface area contributed by atoms with E-state index in [2.05, 4.69) is 29.0 Å². The molecule has 2 rings (SSSR count). The van der Waals surface area contributed by atoms with Gasteiger partial charge in [0.05, 0.1) is 4.88 Å². The maximum Gasteiger partial charge on any atom is 0.187 e. The summed E-state index contributed by atoms with van der Waals surface area (Å²) in [6.45, 7) is 7.35. The van der Waals surface area contributed by atoms with Gasteiger partial charge in [-0.2, -0.15) is 0 Å². The molecule has 0 radical (unpaired) electrons. The summed E-state index contributed by atoms with van der Waals surface area (Å²) < 4.78 is 0. The van der Waals surface area contributed by atoms with E-state index >= 15 is 0 Å². The van der Waals surface area contributed by atoms with Crippen LogP contribution < -0.4 is 10.2 Å². The summed E-state index contributed by atoms with van der Waals surface area (Å²) in [4.78, 5) is 8.00. The third-order valence-electron chi connectivity index (χ3n) is 2.94. The molecule has 1 aromatic rings. The van der Waals surface area contributed by atoms with Crippen molar-refractivity contribution in [2.75, 3.05) is 18.0 Å². The van der Waals surface area contributed by atoms with Crippen LogP contribution in [0.25, 0.3) is 0 Å². The third kappa shape index (κ3) is 3.57. The number of hydrogen-bond acceptors (Lipinski definition) is 4. The first-order chi connectivity index (χ1) is 8.16. The van der Waals surface area contributed by atoms with Crippen molar-refractivity contribution < 1.29 is 0 Å². The van der Waals surface area contributed by atoms with Crippen LogP contribution in [-0.4, -0.2) is 24.1 Å². The molecule has 0 aliphatic carbocycles. The molecule has 1 aliphatic rings. The van der Waals surface area contributed by atoms with E-state index in [-0.39, 0.29) is 0 Å². The van der Waals surface area contributed by atoms with Gasteiger partial charge in [0.25, 0.3) is 0 Å². The Morgan fingerprint density at radius 3 is 2.71 bits per heavy atom. The maximum absolute atomic E-state index is 6.18. The van der Waals surface area contributed by atoms with Crippen molar-refractivity contribution in [1.29, 1.82) is 0 Å². The Kier molecular flexibility index (Phi) is 4.65. The summed E-state index contributed by atoms with van der Waals surface area (Å²) in [7, 11) is 0. The summed E-state index contributed by atoms with van der Waals surface area (Å²) in [6, 6.07) is 0.478. The van der Waals surface area contributed by atoms with Crippen molar-refractivity contribution in [2.24, 2.45) is 0 Å². The van der Waals surface area contributed by atoms with Crippen LogP contribution in [0.1, 0.15) is 38.0 Å². The van der Waals surface area contributed by atoms with E-state index in [4.69, 9.17) is 11.6 Å². The fourth-order valence-electron chi connectivity index (χ4n) is 1.95. The Balaban J connectivity index is 2.01. The average molecular weight is 274 g/mol. The van der Waals surface area contributed by atoms with Crippen LogP contribution in [-0.2, 0) is 6.54 Å². The Bertz CT molecular complexity index is 359. The molecule has 0 bridgehead atoms.